The standard InChI is InChI=1S/C13H22N2S/c1-13(2,3)7-12-15-11(8-16-12)9-5-4-6-10(9)14/h8-10H,4-7,14H2,1-3H3. The summed E-state index contributed by atoms with van der Waals surface area (Å²) in [6, 6.07) is 0.338. The van der Waals surface area contributed by atoms with E-state index in [1.807, 2.05) is 0 Å². The fourth-order valence-corrected chi connectivity index (χ4v) is 3.54. The van der Waals surface area contributed by atoms with Gasteiger partial charge >= 0.3 is 0 Å². The summed E-state index contributed by atoms with van der Waals surface area (Å²) in [6.45, 7) is 6.78. The van der Waals surface area contributed by atoms with Crippen molar-refractivity contribution in [1.29, 1.82) is 0 Å². The molecule has 2 rings (SSSR count). The van der Waals surface area contributed by atoms with Crippen LogP contribution in [0.2, 0.25) is 0 Å². The number of rotatable bonds is 2. The Kier molecular flexibility index (Phi) is 3.36. The summed E-state index contributed by atoms with van der Waals surface area (Å²) in [7, 11) is 0. The van der Waals surface area contributed by atoms with Crippen LogP contribution in [0.3, 0.4) is 0 Å². The fourth-order valence-electron chi connectivity index (χ4n) is 2.39. The van der Waals surface area contributed by atoms with Crippen molar-refractivity contribution in [2.45, 2.75) is 58.4 Å². The Labute approximate surface area is 102 Å². The van der Waals surface area contributed by atoms with Crippen LogP contribution in [0.1, 0.15) is 56.7 Å². The second-order valence-electron chi connectivity index (χ2n) is 6.10. The molecule has 0 bridgehead atoms. The lowest BCUT2D eigenvalue weighted by molar-refractivity contribution is 0.409. The van der Waals surface area contributed by atoms with E-state index in [0.717, 1.165) is 12.8 Å². The highest BCUT2D eigenvalue weighted by Gasteiger charge is 2.27. The Bertz CT molecular complexity index is 351. The minimum absolute atomic E-state index is 0.326. The predicted molar refractivity (Wildman–Crippen MR) is 69.8 cm³/mol. The summed E-state index contributed by atoms with van der Waals surface area (Å²) in [5, 5.41) is 3.48. The average molecular weight is 238 g/mol. The Morgan fingerprint density at radius 3 is 2.75 bits per heavy atom. The van der Waals surface area contributed by atoms with E-state index < -0.39 is 0 Å². The summed E-state index contributed by atoms with van der Waals surface area (Å²) in [4.78, 5) is 4.77. The Morgan fingerprint density at radius 1 is 1.44 bits per heavy atom. The van der Waals surface area contributed by atoms with Gasteiger partial charge in [0.05, 0.1) is 10.7 Å². The first-order chi connectivity index (χ1) is 7.46. The maximum absolute atomic E-state index is 6.11. The monoisotopic (exact) mass is 238 g/mol. The molecular formula is C13H22N2S. The molecule has 0 radical (unpaired) electrons. The van der Waals surface area contributed by atoms with Gasteiger partial charge in [-0.25, -0.2) is 4.98 Å². The second kappa shape index (κ2) is 4.46. The first-order valence-electron chi connectivity index (χ1n) is 6.15. The number of hydrogen-bond donors (Lipinski definition) is 1. The number of aromatic nitrogens is 1. The summed E-state index contributed by atoms with van der Waals surface area (Å²) in [5.74, 6) is 0.518. The van der Waals surface area contributed by atoms with Gasteiger partial charge in [-0.1, -0.05) is 27.2 Å². The number of thiazole rings is 1. The first kappa shape index (κ1) is 12.1. The summed E-state index contributed by atoms with van der Waals surface area (Å²) < 4.78 is 0. The van der Waals surface area contributed by atoms with Crippen LogP contribution < -0.4 is 5.73 Å². The van der Waals surface area contributed by atoms with Gasteiger partial charge in [-0.05, 0) is 18.3 Å². The van der Waals surface area contributed by atoms with Crippen LogP contribution in [-0.2, 0) is 6.42 Å². The molecule has 1 aliphatic rings. The van der Waals surface area contributed by atoms with E-state index in [0.29, 0.717) is 17.4 Å². The predicted octanol–water partition coefficient (Wildman–Crippen LogP) is 3.33. The molecule has 1 aromatic heterocycles. The van der Waals surface area contributed by atoms with Gasteiger partial charge in [0.2, 0.25) is 0 Å². The van der Waals surface area contributed by atoms with Crippen molar-refractivity contribution >= 4 is 11.3 Å². The second-order valence-corrected chi connectivity index (χ2v) is 7.05. The average Bonchev–Trinajstić information content (AvgIpc) is 2.71. The highest BCUT2D eigenvalue weighted by molar-refractivity contribution is 7.09. The Hall–Kier alpha value is -0.410. The highest BCUT2D eigenvalue weighted by atomic mass is 32.1. The molecule has 1 heterocycles. The van der Waals surface area contributed by atoms with Crippen LogP contribution in [0, 0.1) is 5.41 Å². The highest BCUT2D eigenvalue weighted by Crippen LogP contribution is 2.34. The minimum Gasteiger partial charge on any atom is -0.327 e. The largest absolute Gasteiger partial charge is 0.327 e. The van der Waals surface area contributed by atoms with Crippen molar-refractivity contribution < 1.29 is 0 Å². The van der Waals surface area contributed by atoms with Crippen molar-refractivity contribution in [3.8, 4) is 0 Å². The lowest BCUT2D eigenvalue weighted by Gasteiger charge is -2.16. The van der Waals surface area contributed by atoms with Crippen molar-refractivity contribution in [3.63, 3.8) is 0 Å². The van der Waals surface area contributed by atoms with E-state index in [9.17, 15) is 0 Å². The number of nitrogens with zero attached hydrogens (tertiary/aromatic N) is 1. The van der Waals surface area contributed by atoms with Crippen molar-refractivity contribution in [2.24, 2.45) is 11.1 Å². The molecule has 0 amide bonds. The third kappa shape index (κ3) is 2.83. The Balaban J connectivity index is 2.07. The topological polar surface area (TPSA) is 38.9 Å². The van der Waals surface area contributed by atoms with E-state index in [1.54, 1.807) is 11.3 Å². The maximum Gasteiger partial charge on any atom is 0.0933 e. The van der Waals surface area contributed by atoms with Crippen LogP contribution in [0.15, 0.2) is 5.38 Å². The molecule has 1 aromatic rings. The zero-order chi connectivity index (χ0) is 11.8. The van der Waals surface area contributed by atoms with Crippen molar-refractivity contribution in [1.82, 2.24) is 4.98 Å². The molecule has 2 atom stereocenters. The lowest BCUT2D eigenvalue weighted by atomic mass is 9.93. The van der Waals surface area contributed by atoms with Gasteiger partial charge in [0.25, 0.3) is 0 Å². The van der Waals surface area contributed by atoms with E-state index in [1.165, 1.54) is 23.5 Å². The Morgan fingerprint density at radius 2 is 2.19 bits per heavy atom. The molecular weight excluding hydrogens is 216 g/mol. The van der Waals surface area contributed by atoms with E-state index in [-0.39, 0.29) is 0 Å². The van der Waals surface area contributed by atoms with Crippen molar-refractivity contribution in [2.75, 3.05) is 0 Å². The molecule has 3 heteroatoms. The van der Waals surface area contributed by atoms with Crippen molar-refractivity contribution in [3.05, 3.63) is 16.1 Å². The van der Waals surface area contributed by atoms with Gasteiger partial charge in [0.1, 0.15) is 0 Å². The molecule has 0 aliphatic heterocycles. The maximum atomic E-state index is 6.11. The molecule has 0 saturated heterocycles. The van der Waals surface area contributed by atoms with Crippen LogP contribution >= 0.6 is 11.3 Å². The van der Waals surface area contributed by atoms with E-state index >= 15 is 0 Å². The molecule has 16 heavy (non-hydrogen) atoms. The summed E-state index contributed by atoms with van der Waals surface area (Å²) in [6.07, 6.45) is 4.72. The molecule has 1 saturated carbocycles. The minimum atomic E-state index is 0.326. The molecule has 0 spiro atoms. The number of nitrogens with two attached hydrogens (primary N) is 1. The smallest absolute Gasteiger partial charge is 0.0933 e. The number of hydrogen-bond acceptors (Lipinski definition) is 3. The van der Waals surface area contributed by atoms with Crippen LogP contribution in [-0.4, -0.2) is 11.0 Å². The van der Waals surface area contributed by atoms with Crippen LogP contribution in [0.4, 0.5) is 0 Å². The summed E-state index contributed by atoms with van der Waals surface area (Å²) >= 11 is 1.80. The van der Waals surface area contributed by atoms with Gasteiger partial charge in [-0.2, -0.15) is 0 Å². The van der Waals surface area contributed by atoms with Gasteiger partial charge in [-0.3, -0.25) is 0 Å². The molecule has 1 aliphatic carbocycles. The molecule has 0 aromatic carbocycles. The normalized spacial score (nSPS) is 26.2. The van der Waals surface area contributed by atoms with Gasteiger partial charge < -0.3 is 5.73 Å². The molecule has 1 fully saturated rings. The molecule has 90 valence electrons. The fraction of sp³-hybridized carbons (Fsp3) is 0.769. The van der Waals surface area contributed by atoms with Crippen LogP contribution in [0.25, 0.3) is 0 Å². The lowest BCUT2D eigenvalue weighted by Crippen LogP contribution is -2.23. The molecule has 2 nitrogen and oxygen atoms in total. The SMILES string of the molecule is CC(C)(C)Cc1nc(C2CCCC2N)cs1. The third-order valence-electron chi connectivity index (χ3n) is 3.20. The zero-order valence-corrected chi connectivity index (χ0v) is 11.3. The van der Waals surface area contributed by atoms with Gasteiger partial charge in [0, 0.05) is 23.8 Å². The van der Waals surface area contributed by atoms with E-state index in [2.05, 4.69) is 26.2 Å². The van der Waals surface area contributed by atoms with E-state index in [4.69, 9.17) is 10.7 Å². The van der Waals surface area contributed by atoms with Gasteiger partial charge in [0.15, 0.2) is 0 Å². The van der Waals surface area contributed by atoms with Gasteiger partial charge in [-0.15, -0.1) is 11.3 Å². The molecule has 2 unspecified atom stereocenters. The third-order valence-corrected chi connectivity index (χ3v) is 4.07. The molecule has 2 N–H and O–H groups in total. The first-order valence-corrected chi connectivity index (χ1v) is 7.03. The zero-order valence-electron chi connectivity index (χ0n) is 10.5. The quantitative estimate of drug-likeness (QED) is 0.858. The summed E-state index contributed by atoms with van der Waals surface area (Å²) in [5.41, 5.74) is 7.68. The van der Waals surface area contributed by atoms with Crippen LogP contribution in [0.5, 0.6) is 0 Å².